The molecule has 0 fully saturated rings. The summed E-state index contributed by atoms with van der Waals surface area (Å²) >= 11 is 0. The van der Waals surface area contributed by atoms with Crippen LogP contribution in [0.3, 0.4) is 0 Å². The number of hydrogen-bond acceptors (Lipinski definition) is 3. The van der Waals surface area contributed by atoms with E-state index >= 15 is 0 Å². The Balaban J connectivity index is 2.59. The third-order valence-corrected chi connectivity index (χ3v) is 2.89. The molecule has 1 rings (SSSR count). The number of carbonyl (C=O) groups is 2. The van der Waals surface area contributed by atoms with Crippen molar-refractivity contribution in [3.05, 3.63) is 35.4 Å². The maximum atomic E-state index is 11.9. The molecule has 4 nitrogen and oxygen atoms in total. The van der Waals surface area contributed by atoms with Gasteiger partial charge in [-0.25, -0.2) is 0 Å². The molecule has 1 aromatic carbocycles. The van der Waals surface area contributed by atoms with E-state index in [-0.39, 0.29) is 0 Å². The molecule has 19 heavy (non-hydrogen) atoms. The number of carbonyl (C=O) groups excluding carboxylic acids is 2. The second kappa shape index (κ2) is 7.04. The zero-order chi connectivity index (χ0) is 14.4. The van der Waals surface area contributed by atoms with Crippen LogP contribution in [0.4, 0.5) is 0 Å². The first kappa shape index (κ1) is 15.4. The molecule has 0 aromatic heterocycles. The average Bonchev–Trinajstić information content (AvgIpc) is 2.37. The first-order valence-electron chi connectivity index (χ1n) is 6.49. The maximum Gasteiger partial charge on any atom is 0.292 e. The van der Waals surface area contributed by atoms with Crippen LogP contribution >= 0.6 is 0 Å². The largest absolute Gasteiger partial charge is 0.348 e. The number of ketones is 1. The van der Waals surface area contributed by atoms with Crippen LogP contribution in [0.5, 0.6) is 0 Å². The van der Waals surface area contributed by atoms with E-state index in [0.29, 0.717) is 24.6 Å². The molecule has 0 saturated carbocycles. The molecular formula is C15H22N2O2. The first-order chi connectivity index (χ1) is 8.91. The van der Waals surface area contributed by atoms with Gasteiger partial charge in [-0.3, -0.25) is 9.59 Å². The van der Waals surface area contributed by atoms with Crippen LogP contribution < -0.4 is 5.32 Å². The van der Waals surface area contributed by atoms with Crippen molar-refractivity contribution in [3.63, 3.8) is 0 Å². The third-order valence-electron chi connectivity index (χ3n) is 2.89. The highest BCUT2D eigenvalue weighted by Crippen LogP contribution is 2.14. The predicted molar refractivity (Wildman–Crippen MR) is 76.4 cm³/mol. The van der Waals surface area contributed by atoms with Gasteiger partial charge in [0.15, 0.2) is 0 Å². The Kier molecular flexibility index (Phi) is 5.70. The van der Waals surface area contributed by atoms with Crippen molar-refractivity contribution in [1.82, 2.24) is 10.2 Å². The molecule has 104 valence electrons. The summed E-state index contributed by atoms with van der Waals surface area (Å²) in [5.74, 6) is -0.605. The molecule has 0 heterocycles. The molecule has 0 aliphatic heterocycles. The fourth-order valence-electron chi connectivity index (χ4n) is 1.62. The van der Waals surface area contributed by atoms with Crippen molar-refractivity contribution >= 4 is 11.7 Å². The van der Waals surface area contributed by atoms with E-state index in [9.17, 15) is 9.59 Å². The lowest BCUT2D eigenvalue weighted by molar-refractivity contribution is -0.117. The van der Waals surface area contributed by atoms with Crippen molar-refractivity contribution in [2.75, 3.05) is 27.2 Å². The lowest BCUT2D eigenvalue weighted by Gasteiger charge is -2.10. The van der Waals surface area contributed by atoms with E-state index in [4.69, 9.17) is 0 Å². The second-order valence-electron chi connectivity index (χ2n) is 5.17. The Morgan fingerprint density at radius 3 is 2.21 bits per heavy atom. The van der Waals surface area contributed by atoms with E-state index in [1.54, 1.807) is 12.1 Å². The fraction of sp³-hybridized carbons (Fsp3) is 0.467. The van der Waals surface area contributed by atoms with Gasteiger partial charge in [0.2, 0.25) is 5.78 Å². The molecule has 0 aliphatic carbocycles. The lowest BCUT2D eigenvalue weighted by Crippen LogP contribution is -2.35. The van der Waals surface area contributed by atoms with Crippen molar-refractivity contribution < 1.29 is 9.59 Å². The van der Waals surface area contributed by atoms with Gasteiger partial charge in [0.25, 0.3) is 5.91 Å². The van der Waals surface area contributed by atoms with Crippen molar-refractivity contribution in [1.29, 1.82) is 0 Å². The molecule has 0 unspecified atom stereocenters. The summed E-state index contributed by atoms with van der Waals surface area (Å²) in [7, 11) is 3.83. The fourth-order valence-corrected chi connectivity index (χ4v) is 1.62. The summed E-state index contributed by atoms with van der Waals surface area (Å²) in [5.41, 5.74) is 1.59. The van der Waals surface area contributed by atoms with Crippen LogP contribution in [-0.4, -0.2) is 43.8 Å². The normalized spacial score (nSPS) is 10.8. The smallest absolute Gasteiger partial charge is 0.292 e. The topological polar surface area (TPSA) is 49.4 Å². The van der Waals surface area contributed by atoms with Crippen molar-refractivity contribution in [2.45, 2.75) is 19.8 Å². The number of nitrogens with one attached hydrogen (secondary N) is 1. The monoisotopic (exact) mass is 262 g/mol. The van der Waals surface area contributed by atoms with Gasteiger partial charge in [-0.15, -0.1) is 0 Å². The summed E-state index contributed by atoms with van der Waals surface area (Å²) in [6, 6.07) is 7.21. The summed E-state index contributed by atoms with van der Waals surface area (Å²) in [5, 5.41) is 2.62. The van der Waals surface area contributed by atoms with Gasteiger partial charge in [0.1, 0.15) is 0 Å². The minimum absolute atomic E-state index is 0.415. The van der Waals surface area contributed by atoms with E-state index < -0.39 is 11.7 Å². The molecule has 0 bridgehead atoms. The van der Waals surface area contributed by atoms with Gasteiger partial charge in [0.05, 0.1) is 0 Å². The summed E-state index contributed by atoms with van der Waals surface area (Å²) in [6.07, 6.45) is 0. The second-order valence-corrected chi connectivity index (χ2v) is 5.17. The van der Waals surface area contributed by atoms with Crippen LogP contribution in [0.15, 0.2) is 24.3 Å². The van der Waals surface area contributed by atoms with Gasteiger partial charge >= 0.3 is 0 Å². The molecule has 1 N–H and O–H groups in total. The predicted octanol–water partition coefficient (Wildman–Crippen LogP) is 1.67. The number of amides is 1. The highest BCUT2D eigenvalue weighted by molar-refractivity contribution is 6.42. The number of benzene rings is 1. The minimum atomic E-state index is -0.542. The maximum absolute atomic E-state index is 11.9. The van der Waals surface area contributed by atoms with Crippen LogP contribution in [-0.2, 0) is 4.79 Å². The van der Waals surface area contributed by atoms with Gasteiger partial charge in [-0.2, -0.15) is 0 Å². The van der Waals surface area contributed by atoms with Gasteiger partial charge in [0, 0.05) is 18.7 Å². The van der Waals surface area contributed by atoms with E-state index in [0.717, 1.165) is 5.56 Å². The average molecular weight is 262 g/mol. The molecule has 4 heteroatoms. The molecule has 1 aromatic rings. The minimum Gasteiger partial charge on any atom is -0.348 e. The zero-order valence-corrected chi connectivity index (χ0v) is 12.1. The first-order valence-corrected chi connectivity index (χ1v) is 6.49. The Labute approximate surface area is 114 Å². The highest BCUT2D eigenvalue weighted by Gasteiger charge is 2.15. The van der Waals surface area contributed by atoms with Crippen LogP contribution in [0, 0.1) is 0 Å². The Hall–Kier alpha value is -1.68. The SMILES string of the molecule is CC(C)c1ccc(C(=O)C(=O)NCCN(C)C)cc1. The molecule has 0 radical (unpaired) electrons. The van der Waals surface area contributed by atoms with E-state index in [2.05, 4.69) is 19.2 Å². The number of hydrogen-bond donors (Lipinski definition) is 1. The Morgan fingerprint density at radius 1 is 1.16 bits per heavy atom. The Bertz CT molecular complexity index is 436. The molecule has 0 atom stereocenters. The third kappa shape index (κ3) is 4.83. The van der Waals surface area contributed by atoms with Crippen LogP contribution in [0.2, 0.25) is 0 Å². The highest BCUT2D eigenvalue weighted by atomic mass is 16.2. The van der Waals surface area contributed by atoms with Gasteiger partial charge in [-0.05, 0) is 25.6 Å². The van der Waals surface area contributed by atoms with Crippen molar-refractivity contribution in [2.24, 2.45) is 0 Å². The number of Topliss-reactive ketones (excluding diaryl/α,β-unsaturated/α-hetero) is 1. The lowest BCUT2D eigenvalue weighted by atomic mass is 10.0. The van der Waals surface area contributed by atoms with E-state index in [1.165, 1.54) is 0 Å². The quantitative estimate of drug-likeness (QED) is 0.626. The molecule has 1 amide bonds. The van der Waals surface area contributed by atoms with Crippen LogP contribution in [0.1, 0.15) is 35.7 Å². The standard InChI is InChI=1S/C15H22N2O2/c1-11(2)12-5-7-13(8-6-12)14(18)15(19)16-9-10-17(3)4/h5-8,11H,9-10H2,1-4H3,(H,16,19). The number of rotatable bonds is 6. The zero-order valence-electron chi connectivity index (χ0n) is 12.1. The van der Waals surface area contributed by atoms with Crippen molar-refractivity contribution in [3.8, 4) is 0 Å². The molecular weight excluding hydrogens is 240 g/mol. The van der Waals surface area contributed by atoms with Gasteiger partial charge < -0.3 is 10.2 Å². The van der Waals surface area contributed by atoms with Crippen LogP contribution in [0.25, 0.3) is 0 Å². The van der Waals surface area contributed by atoms with E-state index in [1.807, 2.05) is 31.1 Å². The number of nitrogens with zero attached hydrogens (tertiary/aromatic N) is 1. The number of likely N-dealkylation sites (N-methyl/N-ethyl adjacent to an activating group) is 1. The summed E-state index contributed by atoms with van der Waals surface area (Å²) in [4.78, 5) is 25.5. The summed E-state index contributed by atoms with van der Waals surface area (Å²) in [6.45, 7) is 5.36. The van der Waals surface area contributed by atoms with Gasteiger partial charge in [-0.1, -0.05) is 38.1 Å². The summed E-state index contributed by atoms with van der Waals surface area (Å²) < 4.78 is 0. The Morgan fingerprint density at radius 2 is 1.74 bits per heavy atom. The molecule has 0 saturated heterocycles. The molecule has 0 aliphatic rings. The molecule has 0 spiro atoms.